The first-order chi connectivity index (χ1) is 13.2. The average molecular weight is 388 g/mol. The molecule has 0 aromatic carbocycles. The lowest BCUT2D eigenvalue weighted by atomic mass is 10.1. The monoisotopic (exact) mass is 388 g/mol. The number of carbonyl (C=O) groups excluding carboxylic acids is 2. The first-order valence-electron chi connectivity index (χ1n) is 9.59. The fourth-order valence-electron chi connectivity index (χ4n) is 4.14. The fraction of sp³-hybridized carbons (Fsp3) is 0.611. The minimum Gasteiger partial charge on any atom is -0.331 e. The highest BCUT2D eigenvalue weighted by Gasteiger charge is 2.41. The van der Waals surface area contributed by atoms with E-state index in [0.717, 1.165) is 38.5 Å². The van der Waals surface area contributed by atoms with E-state index in [1.54, 1.807) is 16.2 Å². The third-order valence-corrected chi connectivity index (χ3v) is 6.38. The number of H-pyrrole nitrogens is 1. The van der Waals surface area contributed by atoms with Crippen molar-refractivity contribution < 1.29 is 9.59 Å². The Hall–Kier alpha value is -2.29. The Kier molecular flexibility index (Phi) is 5.47. The Balaban J connectivity index is 1.37. The normalized spacial score (nSPS) is 22.5. The minimum absolute atomic E-state index is 0.0337. The van der Waals surface area contributed by atoms with Gasteiger partial charge in [0.2, 0.25) is 11.8 Å². The molecule has 0 aliphatic carbocycles. The van der Waals surface area contributed by atoms with Crippen LogP contribution >= 0.6 is 11.3 Å². The van der Waals surface area contributed by atoms with E-state index in [2.05, 4.69) is 32.1 Å². The van der Waals surface area contributed by atoms with Crippen molar-refractivity contribution in [2.75, 3.05) is 13.1 Å². The van der Waals surface area contributed by atoms with E-state index < -0.39 is 0 Å². The number of rotatable bonds is 6. The summed E-state index contributed by atoms with van der Waals surface area (Å²) in [6, 6.07) is 3.66. The summed E-state index contributed by atoms with van der Waals surface area (Å²) in [6.45, 7) is 1.36. The maximum Gasteiger partial charge on any atom is 0.246 e. The van der Waals surface area contributed by atoms with Gasteiger partial charge in [-0.15, -0.1) is 21.5 Å². The lowest BCUT2D eigenvalue weighted by Crippen LogP contribution is -2.47. The first kappa shape index (κ1) is 18.1. The number of nitrogens with zero attached hydrogens (tertiary/aromatic N) is 5. The number of aromatic nitrogens is 4. The van der Waals surface area contributed by atoms with Crippen LogP contribution in [-0.4, -0.2) is 61.4 Å². The third-order valence-electron chi connectivity index (χ3n) is 5.45. The summed E-state index contributed by atoms with van der Waals surface area (Å²) in [5, 5.41) is 16.3. The van der Waals surface area contributed by atoms with Crippen molar-refractivity contribution in [3.63, 3.8) is 0 Å². The molecule has 2 aromatic heterocycles. The Morgan fingerprint density at radius 1 is 1.22 bits per heavy atom. The van der Waals surface area contributed by atoms with E-state index in [1.165, 1.54) is 4.88 Å². The van der Waals surface area contributed by atoms with Crippen LogP contribution in [0.25, 0.3) is 0 Å². The predicted molar refractivity (Wildman–Crippen MR) is 99.9 cm³/mol. The van der Waals surface area contributed by atoms with Crippen molar-refractivity contribution in [3.8, 4) is 0 Å². The van der Waals surface area contributed by atoms with Gasteiger partial charge in [-0.3, -0.25) is 9.59 Å². The van der Waals surface area contributed by atoms with Gasteiger partial charge in [-0.05, 0) is 50.0 Å². The van der Waals surface area contributed by atoms with Crippen molar-refractivity contribution in [2.45, 2.75) is 57.0 Å². The van der Waals surface area contributed by atoms with Crippen LogP contribution in [0.2, 0.25) is 0 Å². The SMILES string of the molecule is O=C(CCCc1cccs1)N1CCC[C@H]1C(=O)N1CCC[C@H]1c1nn[nH]n1. The third kappa shape index (κ3) is 3.87. The van der Waals surface area contributed by atoms with Gasteiger partial charge in [0.1, 0.15) is 6.04 Å². The van der Waals surface area contributed by atoms with E-state index in [1.807, 2.05) is 11.0 Å². The number of likely N-dealkylation sites (tertiary alicyclic amines) is 2. The lowest BCUT2D eigenvalue weighted by molar-refractivity contribution is -0.144. The summed E-state index contributed by atoms with van der Waals surface area (Å²) < 4.78 is 0. The first-order valence-corrected chi connectivity index (χ1v) is 10.5. The van der Waals surface area contributed by atoms with Crippen LogP contribution in [0.5, 0.6) is 0 Å². The van der Waals surface area contributed by atoms with Gasteiger partial charge in [0.15, 0.2) is 5.82 Å². The summed E-state index contributed by atoms with van der Waals surface area (Å²) in [7, 11) is 0. The maximum absolute atomic E-state index is 13.2. The molecule has 2 aliphatic heterocycles. The average Bonchev–Trinajstić information content (AvgIpc) is 3.48. The molecule has 0 radical (unpaired) electrons. The topological polar surface area (TPSA) is 95.1 Å². The largest absolute Gasteiger partial charge is 0.331 e. The van der Waals surface area contributed by atoms with Gasteiger partial charge in [0.05, 0.1) is 6.04 Å². The van der Waals surface area contributed by atoms with Crippen LogP contribution in [0.15, 0.2) is 17.5 Å². The quantitative estimate of drug-likeness (QED) is 0.816. The Labute approximate surface area is 161 Å². The van der Waals surface area contributed by atoms with E-state index >= 15 is 0 Å². The molecular weight excluding hydrogens is 364 g/mol. The zero-order valence-corrected chi connectivity index (χ0v) is 16.0. The van der Waals surface area contributed by atoms with Crippen molar-refractivity contribution in [3.05, 3.63) is 28.2 Å². The molecular formula is C18H24N6O2S. The number of aryl methyl sites for hydroxylation is 1. The summed E-state index contributed by atoms with van der Waals surface area (Å²) in [6.07, 6.45) is 5.63. The molecule has 0 unspecified atom stereocenters. The van der Waals surface area contributed by atoms with Gasteiger partial charge in [0, 0.05) is 24.4 Å². The second kappa shape index (κ2) is 8.16. The highest BCUT2D eigenvalue weighted by molar-refractivity contribution is 7.09. The molecule has 2 saturated heterocycles. The molecule has 0 saturated carbocycles. The second-order valence-electron chi connectivity index (χ2n) is 7.14. The molecule has 2 aromatic rings. The van der Waals surface area contributed by atoms with Crippen molar-refractivity contribution in [1.29, 1.82) is 0 Å². The van der Waals surface area contributed by atoms with Crippen LogP contribution < -0.4 is 0 Å². The van der Waals surface area contributed by atoms with Crippen LogP contribution in [0.1, 0.15) is 55.3 Å². The Bertz CT molecular complexity index is 763. The molecule has 9 heteroatoms. The van der Waals surface area contributed by atoms with Crippen LogP contribution in [0, 0.1) is 0 Å². The molecule has 2 atom stereocenters. The molecule has 4 rings (SSSR count). The number of tetrazole rings is 1. The zero-order valence-electron chi connectivity index (χ0n) is 15.2. The van der Waals surface area contributed by atoms with Gasteiger partial charge in [-0.1, -0.05) is 11.3 Å². The molecule has 144 valence electrons. The number of thiophene rings is 1. The number of nitrogens with one attached hydrogen (secondary N) is 1. The van der Waals surface area contributed by atoms with E-state index in [0.29, 0.717) is 25.3 Å². The van der Waals surface area contributed by atoms with Crippen LogP contribution in [0.3, 0.4) is 0 Å². The highest BCUT2D eigenvalue weighted by Crippen LogP contribution is 2.32. The predicted octanol–water partition coefficient (Wildman–Crippen LogP) is 1.94. The fourth-order valence-corrected chi connectivity index (χ4v) is 4.89. The molecule has 2 fully saturated rings. The highest BCUT2D eigenvalue weighted by atomic mass is 32.1. The number of hydrogen-bond donors (Lipinski definition) is 1. The van der Waals surface area contributed by atoms with Gasteiger partial charge in [-0.25, -0.2) is 0 Å². The molecule has 1 N–H and O–H groups in total. The summed E-state index contributed by atoms with van der Waals surface area (Å²) in [5.74, 6) is 0.691. The smallest absolute Gasteiger partial charge is 0.246 e. The van der Waals surface area contributed by atoms with Gasteiger partial charge < -0.3 is 9.80 Å². The summed E-state index contributed by atoms with van der Waals surface area (Å²) in [5.41, 5.74) is 0. The summed E-state index contributed by atoms with van der Waals surface area (Å²) in [4.78, 5) is 30.8. The van der Waals surface area contributed by atoms with Gasteiger partial charge in [0.25, 0.3) is 0 Å². The molecule has 0 bridgehead atoms. The summed E-state index contributed by atoms with van der Waals surface area (Å²) >= 11 is 1.72. The van der Waals surface area contributed by atoms with Crippen LogP contribution in [-0.2, 0) is 16.0 Å². The van der Waals surface area contributed by atoms with E-state index in [4.69, 9.17) is 0 Å². The van der Waals surface area contributed by atoms with E-state index in [-0.39, 0.29) is 23.9 Å². The van der Waals surface area contributed by atoms with E-state index in [9.17, 15) is 9.59 Å². The number of aromatic amines is 1. The Morgan fingerprint density at radius 3 is 2.85 bits per heavy atom. The Morgan fingerprint density at radius 2 is 2.07 bits per heavy atom. The molecule has 8 nitrogen and oxygen atoms in total. The number of hydrogen-bond acceptors (Lipinski definition) is 6. The minimum atomic E-state index is -0.341. The molecule has 2 amide bonds. The van der Waals surface area contributed by atoms with Crippen molar-refractivity contribution >= 4 is 23.2 Å². The lowest BCUT2D eigenvalue weighted by Gasteiger charge is -2.30. The molecule has 4 heterocycles. The van der Waals surface area contributed by atoms with Gasteiger partial charge >= 0.3 is 0 Å². The van der Waals surface area contributed by atoms with Crippen LogP contribution in [0.4, 0.5) is 0 Å². The maximum atomic E-state index is 13.2. The van der Waals surface area contributed by atoms with Crippen molar-refractivity contribution in [2.24, 2.45) is 0 Å². The van der Waals surface area contributed by atoms with Crippen molar-refractivity contribution in [1.82, 2.24) is 30.4 Å². The molecule has 27 heavy (non-hydrogen) atoms. The zero-order chi connectivity index (χ0) is 18.6. The van der Waals surface area contributed by atoms with Gasteiger partial charge in [-0.2, -0.15) is 5.21 Å². The standard InChI is InChI=1S/C18H24N6O2S/c25-16(9-1-5-13-6-4-12-27-13)23-10-3-8-15(23)18(26)24-11-2-7-14(24)17-19-21-22-20-17/h4,6,12,14-15H,1-3,5,7-11H2,(H,19,20,21,22)/t14-,15-/m0/s1. The molecule has 2 aliphatic rings. The number of amides is 2. The number of carbonyl (C=O) groups is 2. The second-order valence-corrected chi connectivity index (χ2v) is 8.17. The molecule has 0 spiro atoms.